The molecule has 0 unspecified atom stereocenters. The lowest BCUT2D eigenvalue weighted by atomic mass is 10.0. The summed E-state index contributed by atoms with van der Waals surface area (Å²) in [7, 11) is -2.51. The Morgan fingerprint density at radius 1 is 1.11 bits per heavy atom. The van der Waals surface area contributed by atoms with Crippen LogP contribution < -0.4 is 15.9 Å². The largest absolute Gasteiger partial charge is 0.338 e. The number of hydrogen-bond acceptors (Lipinski definition) is 8. The van der Waals surface area contributed by atoms with E-state index in [-0.39, 0.29) is 0 Å². The summed E-state index contributed by atoms with van der Waals surface area (Å²) < 4.78 is 14.7. The summed E-state index contributed by atoms with van der Waals surface area (Å²) in [4.78, 5) is 10.6. The van der Waals surface area contributed by atoms with Crippen LogP contribution in [0.25, 0.3) is 0 Å². The quantitative estimate of drug-likeness (QED) is 0.325. The number of hydrogen-bond donors (Lipinski definition) is 2. The second kappa shape index (κ2) is 8.77. The number of rotatable bonds is 8. The standard InChI is InChI=1S/C23H27ClN9OP/c1-23(2,33-26-11-12-27-33)19-13-20(32(31-19)15-9-10-15)29-22-25-14-16(24)21(30-22)28-17-7-5-6-8-18(17)35(3,4)34/h5-8,11-15H,9-10H2,1-4H3,(H2,25,28,29,30). The van der Waals surface area contributed by atoms with Gasteiger partial charge in [-0.05, 0) is 52.2 Å². The minimum atomic E-state index is -2.51. The Bertz CT molecular complexity index is 1410. The lowest BCUT2D eigenvalue weighted by molar-refractivity contribution is 0.331. The average molecular weight is 512 g/mol. The third-order valence-electron chi connectivity index (χ3n) is 5.90. The van der Waals surface area contributed by atoms with E-state index in [1.165, 1.54) is 6.20 Å². The minimum Gasteiger partial charge on any atom is -0.338 e. The Morgan fingerprint density at radius 2 is 1.83 bits per heavy atom. The lowest BCUT2D eigenvalue weighted by Crippen LogP contribution is -2.30. The van der Waals surface area contributed by atoms with Crippen molar-refractivity contribution >= 4 is 47.3 Å². The van der Waals surface area contributed by atoms with Gasteiger partial charge in [-0.25, -0.2) is 9.67 Å². The average Bonchev–Trinajstić information content (AvgIpc) is 3.30. The van der Waals surface area contributed by atoms with Crippen molar-refractivity contribution in [2.24, 2.45) is 0 Å². The van der Waals surface area contributed by atoms with Crippen molar-refractivity contribution in [1.82, 2.24) is 34.7 Å². The van der Waals surface area contributed by atoms with E-state index in [9.17, 15) is 4.57 Å². The maximum absolute atomic E-state index is 12.8. The van der Waals surface area contributed by atoms with Gasteiger partial charge in [-0.2, -0.15) is 25.1 Å². The van der Waals surface area contributed by atoms with Crippen LogP contribution in [0, 0.1) is 0 Å². The van der Waals surface area contributed by atoms with Crippen molar-refractivity contribution in [3.8, 4) is 0 Å². The summed E-state index contributed by atoms with van der Waals surface area (Å²) in [5, 5.41) is 21.1. The highest BCUT2D eigenvalue weighted by Gasteiger charge is 2.33. The van der Waals surface area contributed by atoms with Crippen molar-refractivity contribution in [2.45, 2.75) is 38.3 Å². The second-order valence-corrected chi connectivity index (χ2v) is 13.1. The summed E-state index contributed by atoms with van der Waals surface area (Å²) in [5.74, 6) is 1.57. The molecule has 35 heavy (non-hydrogen) atoms. The first kappa shape index (κ1) is 23.5. The van der Waals surface area contributed by atoms with Gasteiger partial charge in [-0.3, -0.25) is 0 Å². The van der Waals surface area contributed by atoms with Crippen molar-refractivity contribution in [1.29, 1.82) is 0 Å². The Labute approximate surface area is 208 Å². The van der Waals surface area contributed by atoms with Crippen LogP contribution in [-0.2, 0) is 10.1 Å². The van der Waals surface area contributed by atoms with E-state index < -0.39 is 12.7 Å². The number of nitrogens with one attached hydrogen (secondary N) is 2. The van der Waals surface area contributed by atoms with Crippen LogP contribution in [0.1, 0.15) is 38.4 Å². The smallest absolute Gasteiger partial charge is 0.230 e. The first-order valence-electron chi connectivity index (χ1n) is 11.3. The Balaban J connectivity index is 1.46. The number of aromatic nitrogens is 7. The molecule has 1 saturated carbocycles. The van der Waals surface area contributed by atoms with Crippen molar-refractivity contribution < 1.29 is 4.57 Å². The maximum Gasteiger partial charge on any atom is 0.230 e. The van der Waals surface area contributed by atoms with Gasteiger partial charge in [0.2, 0.25) is 5.95 Å². The molecule has 12 heteroatoms. The molecule has 3 heterocycles. The highest BCUT2D eigenvalue weighted by atomic mass is 35.5. The molecule has 182 valence electrons. The molecule has 0 atom stereocenters. The molecule has 10 nitrogen and oxygen atoms in total. The molecule has 1 aliphatic carbocycles. The van der Waals surface area contributed by atoms with E-state index in [4.69, 9.17) is 16.7 Å². The van der Waals surface area contributed by atoms with E-state index >= 15 is 0 Å². The van der Waals surface area contributed by atoms with E-state index in [0.717, 1.165) is 29.7 Å². The van der Waals surface area contributed by atoms with Crippen LogP contribution in [0.4, 0.5) is 23.3 Å². The third kappa shape index (κ3) is 4.81. The topological polar surface area (TPSA) is 115 Å². The normalized spacial score (nSPS) is 14.2. The van der Waals surface area contributed by atoms with Gasteiger partial charge < -0.3 is 15.2 Å². The van der Waals surface area contributed by atoms with Gasteiger partial charge in [0.1, 0.15) is 23.5 Å². The molecule has 0 saturated heterocycles. The highest BCUT2D eigenvalue weighted by Crippen LogP contribution is 2.40. The molecule has 0 bridgehead atoms. The van der Waals surface area contributed by atoms with E-state index in [1.807, 2.05) is 48.9 Å². The van der Waals surface area contributed by atoms with Gasteiger partial charge in [0.05, 0.1) is 36.0 Å². The molecular formula is C23H27ClN9OP. The SMILES string of the molecule is CC(C)(c1cc(Nc2ncc(Cl)c(Nc3ccccc3P(C)(C)=O)n2)n(C2CC2)n1)n1nccn1. The summed E-state index contributed by atoms with van der Waals surface area (Å²) in [6, 6.07) is 9.76. The summed E-state index contributed by atoms with van der Waals surface area (Å²) >= 11 is 6.41. The van der Waals surface area contributed by atoms with E-state index in [2.05, 4.69) is 30.8 Å². The number of para-hydroxylation sites is 1. The van der Waals surface area contributed by atoms with Gasteiger partial charge in [0.15, 0.2) is 5.82 Å². The maximum atomic E-state index is 12.8. The highest BCUT2D eigenvalue weighted by molar-refractivity contribution is 7.70. The molecule has 3 aromatic heterocycles. The predicted molar refractivity (Wildman–Crippen MR) is 138 cm³/mol. The number of halogens is 1. The monoisotopic (exact) mass is 511 g/mol. The third-order valence-corrected chi connectivity index (χ3v) is 7.72. The fraction of sp³-hybridized carbons (Fsp3) is 0.348. The molecule has 0 aliphatic heterocycles. The predicted octanol–water partition coefficient (Wildman–Crippen LogP) is 4.77. The molecule has 2 N–H and O–H groups in total. The fourth-order valence-corrected chi connectivity index (χ4v) is 5.09. The van der Waals surface area contributed by atoms with Gasteiger partial charge in [-0.15, -0.1) is 0 Å². The molecule has 1 fully saturated rings. The first-order chi connectivity index (χ1) is 16.6. The van der Waals surface area contributed by atoms with Crippen molar-refractivity contribution in [2.75, 3.05) is 24.0 Å². The molecule has 5 rings (SSSR count). The van der Waals surface area contributed by atoms with E-state index in [1.54, 1.807) is 30.5 Å². The molecule has 0 amide bonds. The van der Waals surface area contributed by atoms with Gasteiger partial charge in [0.25, 0.3) is 0 Å². The Hall–Kier alpha value is -3.23. The first-order valence-corrected chi connectivity index (χ1v) is 14.3. The van der Waals surface area contributed by atoms with Crippen LogP contribution in [0.3, 0.4) is 0 Å². The van der Waals surface area contributed by atoms with Gasteiger partial charge in [0, 0.05) is 11.4 Å². The molecular weight excluding hydrogens is 485 g/mol. The van der Waals surface area contributed by atoms with Gasteiger partial charge in [-0.1, -0.05) is 23.7 Å². The second-order valence-electron chi connectivity index (χ2n) is 9.48. The van der Waals surface area contributed by atoms with Crippen molar-refractivity contribution in [3.63, 3.8) is 0 Å². The molecule has 1 aromatic carbocycles. The minimum absolute atomic E-state index is 0.327. The Morgan fingerprint density at radius 3 is 2.51 bits per heavy atom. The summed E-state index contributed by atoms with van der Waals surface area (Å²) in [6.45, 7) is 7.52. The summed E-state index contributed by atoms with van der Waals surface area (Å²) in [6.07, 6.45) is 6.98. The number of benzene rings is 1. The van der Waals surface area contributed by atoms with Crippen molar-refractivity contribution in [3.05, 3.63) is 59.6 Å². The van der Waals surface area contributed by atoms with Crippen LogP contribution in [0.5, 0.6) is 0 Å². The van der Waals surface area contributed by atoms with Crippen LogP contribution in [0.2, 0.25) is 5.02 Å². The molecule has 4 aromatic rings. The summed E-state index contributed by atoms with van der Waals surface area (Å²) in [5.41, 5.74) is 0.989. The van der Waals surface area contributed by atoms with Crippen LogP contribution >= 0.6 is 18.7 Å². The zero-order valence-corrected chi connectivity index (χ0v) is 21.6. The van der Waals surface area contributed by atoms with Crippen LogP contribution in [0.15, 0.2) is 48.9 Å². The lowest BCUT2D eigenvalue weighted by Gasteiger charge is -2.20. The van der Waals surface area contributed by atoms with E-state index in [0.29, 0.717) is 28.5 Å². The number of nitrogens with zero attached hydrogens (tertiary/aromatic N) is 7. The zero-order valence-electron chi connectivity index (χ0n) is 20.0. The van der Waals surface area contributed by atoms with Crippen LogP contribution in [-0.4, -0.2) is 48.1 Å². The fourth-order valence-electron chi connectivity index (χ4n) is 3.80. The number of anilines is 4. The molecule has 0 spiro atoms. The zero-order chi connectivity index (χ0) is 24.8. The molecule has 1 aliphatic rings. The molecule has 0 radical (unpaired) electrons. The van der Waals surface area contributed by atoms with Gasteiger partial charge >= 0.3 is 0 Å². The Kier molecular flexibility index (Phi) is 5.89.